The summed E-state index contributed by atoms with van der Waals surface area (Å²) < 4.78 is 29.3. The summed E-state index contributed by atoms with van der Waals surface area (Å²) in [5.74, 6) is -0.557. The lowest BCUT2D eigenvalue weighted by atomic mass is 10.1. The third-order valence-corrected chi connectivity index (χ3v) is 3.93. The Kier molecular flexibility index (Phi) is 2.63. The lowest BCUT2D eigenvalue weighted by Crippen LogP contribution is -2.13. The van der Waals surface area contributed by atoms with Crippen molar-refractivity contribution in [1.29, 1.82) is 0 Å². The molecular weight excluding hydrogens is 278 g/mol. The lowest BCUT2D eigenvalue weighted by molar-refractivity contribution is 0.0956. The summed E-state index contributed by atoms with van der Waals surface area (Å²) in [5.41, 5.74) is 0.134. The summed E-state index contributed by atoms with van der Waals surface area (Å²) >= 11 is 0. The molecule has 0 saturated heterocycles. The first kappa shape index (κ1) is 12.6. The average molecular weight is 290 g/mol. The van der Waals surface area contributed by atoms with Gasteiger partial charge in [-0.25, -0.2) is 18.4 Å². The van der Waals surface area contributed by atoms with Crippen LogP contribution in [-0.4, -0.2) is 25.5 Å². The van der Waals surface area contributed by atoms with Crippen molar-refractivity contribution in [3.05, 3.63) is 41.5 Å². The molecule has 0 radical (unpaired) electrons. The molecule has 21 heavy (non-hydrogen) atoms. The van der Waals surface area contributed by atoms with Gasteiger partial charge in [-0.15, -0.1) is 5.10 Å². The molecule has 2 aromatic rings. The fraction of sp³-hybridized carbons (Fsp3) is 0.429. The van der Waals surface area contributed by atoms with E-state index < -0.39 is 18.0 Å². The van der Waals surface area contributed by atoms with E-state index in [1.807, 2.05) is 0 Å². The zero-order valence-corrected chi connectivity index (χ0v) is 11.0. The van der Waals surface area contributed by atoms with E-state index in [4.69, 9.17) is 0 Å². The normalized spacial score (nSPS) is 24.1. The molecule has 1 fully saturated rings. The van der Waals surface area contributed by atoms with Crippen LogP contribution >= 0.6 is 0 Å². The van der Waals surface area contributed by atoms with E-state index in [-0.39, 0.29) is 35.5 Å². The van der Waals surface area contributed by atoms with Crippen molar-refractivity contribution in [1.82, 2.24) is 19.7 Å². The van der Waals surface area contributed by atoms with E-state index in [0.29, 0.717) is 0 Å². The minimum Gasteiger partial charge on any atom is -0.290 e. The van der Waals surface area contributed by atoms with Gasteiger partial charge in [-0.2, -0.15) is 0 Å². The summed E-state index contributed by atoms with van der Waals surface area (Å²) in [5, 5.41) is 4.11. The van der Waals surface area contributed by atoms with Gasteiger partial charge in [-0.05, 0) is 25.0 Å². The third kappa shape index (κ3) is 1.95. The van der Waals surface area contributed by atoms with E-state index in [1.165, 1.54) is 23.0 Å². The second kappa shape index (κ2) is 4.41. The number of pyridine rings is 1. The SMILES string of the molecule is O=C(c1nc2n(n1)[C@H](c1ncccc1F)CC2F)C1CC1. The van der Waals surface area contributed by atoms with Gasteiger partial charge < -0.3 is 0 Å². The summed E-state index contributed by atoms with van der Waals surface area (Å²) in [6, 6.07) is 2.11. The van der Waals surface area contributed by atoms with Crippen LogP contribution in [0, 0.1) is 11.7 Å². The van der Waals surface area contributed by atoms with E-state index in [0.717, 1.165) is 12.8 Å². The Balaban J connectivity index is 1.75. The van der Waals surface area contributed by atoms with E-state index in [1.54, 1.807) is 0 Å². The van der Waals surface area contributed by atoms with Gasteiger partial charge in [-0.1, -0.05) is 0 Å². The molecule has 3 heterocycles. The largest absolute Gasteiger partial charge is 0.290 e. The van der Waals surface area contributed by atoms with Crippen LogP contribution in [0.1, 0.15) is 53.6 Å². The van der Waals surface area contributed by atoms with Crippen molar-refractivity contribution in [2.45, 2.75) is 31.5 Å². The van der Waals surface area contributed by atoms with Crippen LogP contribution in [0.4, 0.5) is 8.78 Å². The van der Waals surface area contributed by atoms with Gasteiger partial charge in [0.2, 0.25) is 11.6 Å². The first-order valence-electron chi connectivity index (χ1n) is 6.90. The second-order valence-electron chi connectivity index (χ2n) is 5.47. The molecule has 7 heteroatoms. The van der Waals surface area contributed by atoms with Gasteiger partial charge >= 0.3 is 0 Å². The quantitative estimate of drug-likeness (QED) is 0.814. The fourth-order valence-corrected chi connectivity index (χ4v) is 2.68. The Morgan fingerprint density at radius 2 is 2.19 bits per heavy atom. The van der Waals surface area contributed by atoms with E-state index in [9.17, 15) is 13.6 Å². The molecule has 5 nitrogen and oxygen atoms in total. The number of hydrogen-bond acceptors (Lipinski definition) is 4. The van der Waals surface area contributed by atoms with Crippen molar-refractivity contribution >= 4 is 5.78 Å². The Bertz CT molecular complexity index is 726. The fourth-order valence-electron chi connectivity index (χ4n) is 2.68. The van der Waals surface area contributed by atoms with Gasteiger partial charge in [0.1, 0.15) is 17.6 Å². The maximum Gasteiger partial charge on any atom is 0.217 e. The number of nitrogens with zero attached hydrogens (tertiary/aromatic N) is 4. The highest BCUT2D eigenvalue weighted by Crippen LogP contribution is 2.40. The number of aromatic nitrogens is 4. The maximum atomic E-state index is 14.1. The molecule has 2 aromatic heterocycles. The number of alkyl halides is 1. The molecule has 1 unspecified atom stereocenters. The molecule has 108 valence electrons. The molecule has 1 aliphatic heterocycles. The summed E-state index contributed by atoms with van der Waals surface area (Å²) in [6.07, 6.45) is 1.81. The van der Waals surface area contributed by atoms with Crippen molar-refractivity contribution < 1.29 is 13.6 Å². The Labute approximate surface area is 119 Å². The number of fused-ring (bicyclic) bond motifs is 1. The topological polar surface area (TPSA) is 60.7 Å². The molecular formula is C14H12F2N4O. The number of halogens is 2. The van der Waals surface area contributed by atoms with Crippen LogP contribution < -0.4 is 0 Å². The predicted octanol–water partition coefficient (Wildman–Crippen LogP) is 2.41. The molecule has 0 N–H and O–H groups in total. The van der Waals surface area contributed by atoms with Crippen molar-refractivity contribution in [2.24, 2.45) is 5.92 Å². The number of carbonyl (C=O) groups is 1. The number of hydrogen-bond donors (Lipinski definition) is 0. The van der Waals surface area contributed by atoms with E-state index in [2.05, 4.69) is 15.1 Å². The Morgan fingerprint density at radius 3 is 2.90 bits per heavy atom. The molecule has 4 rings (SSSR count). The average Bonchev–Trinajstić information content (AvgIpc) is 3.15. The zero-order chi connectivity index (χ0) is 14.6. The maximum absolute atomic E-state index is 14.1. The minimum atomic E-state index is -1.36. The van der Waals surface area contributed by atoms with Crippen LogP contribution in [0.2, 0.25) is 0 Å². The number of Topliss-reactive ketones (excluding diaryl/α,β-unsaturated/α-hetero) is 1. The van der Waals surface area contributed by atoms with Crippen LogP contribution in [0.15, 0.2) is 18.3 Å². The Hall–Kier alpha value is -2.18. The molecule has 1 saturated carbocycles. The monoisotopic (exact) mass is 290 g/mol. The zero-order valence-electron chi connectivity index (χ0n) is 11.0. The Morgan fingerprint density at radius 1 is 1.38 bits per heavy atom. The number of carbonyl (C=O) groups excluding carboxylic acids is 1. The lowest BCUT2D eigenvalue weighted by Gasteiger charge is -2.11. The molecule has 0 aromatic carbocycles. The van der Waals surface area contributed by atoms with Gasteiger partial charge in [0.05, 0.1) is 0 Å². The van der Waals surface area contributed by atoms with Gasteiger partial charge in [0.25, 0.3) is 0 Å². The second-order valence-corrected chi connectivity index (χ2v) is 5.47. The third-order valence-electron chi connectivity index (χ3n) is 3.93. The van der Waals surface area contributed by atoms with Crippen LogP contribution in [-0.2, 0) is 0 Å². The highest BCUT2D eigenvalue weighted by molar-refractivity contribution is 5.95. The minimum absolute atomic E-state index is 0.0313. The van der Waals surface area contributed by atoms with E-state index >= 15 is 0 Å². The molecule has 1 aliphatic carbocycles. The summed E-state index contributed by atoms with van der Waals surface area (Å²) in [4.78, 5) is 20.0. The molecule has 0 amide bonds. The molecule has 2 aliphatic rings. The number of ketones is 1. The molecule has 2 atom stereocenters. The molecule has 0 spiro atoms. The number of rotatable bonds is 3. The van der Waals surface area contributed by atoms with Crippen molar-refractivity contribution in [3.8, 4) is 0 Å². The van der Waals surface area contributed by atoms with Gasteiger partial charge in [-0.3, -0.25) is 9.78 Å². The highest BCUT2D eigenvalue weighted by atomic mass is 19.1. The van der Waals surface area contributed by atoms with Crippen molar-refractivity contribution in [3.63, 3.8) is 0 Å². The predicted molar refractivity (Wildman–Crippen MR) is 67.9 cm³/mol. The van der Waals surface area contributed by atoms with Crippen LogP contribution in [0.3, 0.4) is 0 Å². The highest BCUT2D eigenvalue weighted by Gasteiger charge is 2.40. The first-order chi connectivity index (χ1) is 10.1. The van der Waals surface area contributed by atoms with Crippen molar-refractivity contribution in [2.75, 3.05) is 0 Å². The van der Waals surface area contributed by atoms with Gasteiger partial charge in [0.15, 0.2) is 12.0 Å². The van der Waals surface area contributed by atoms with Gasteiger partial charge in [0, 0.05) is 18.5 Å². The van der Waals surface area contributed by atoms with Crippen LogP contribution in [0.25, 0.3) is 0 Å². The smallest absolute Gasteiger partial charge is 0.217 e. The summed E-state index contributed by atoms with van der Waals surface area (Å²) in [7, 11) is 0. The molecule has 0 bridgehead atoms. The first-order valence-corrected chi connectivity index (χ1v) is 6.90. The summed E-state index contributed by atoms with van der Waals surface area (Å²) in [6.45, 7) is 0. The van der Waals surface area contributed by atoms with Crippen LogP contribution in [0.5, 0.6) is 0 Å². The standard InChI is InChI=1S/C14H12F2N4O/c15-8-2-1-5-17-11(8)10-6-9(16)14-18-13(19-20(10)14)12(21)7-3-4-7/h1-2,5,7,9-10H,3-4,6H2/t9?,10-/m0/s1.